The summed E-state index contributed by atoms with van der Waals surface area (Å²) in [5, 5.41) is 17.5. The van der Waals surface area contributed by atoms with Gasteiger partial charge in [0.2, 0.25) is 0 Å². The van der Waals surface area contributed by atoms with Crippen LogP contribution in [0.15, 0.2) is 30.3 Å². The van der Waals surface area contributed by atoms with Crippen LogP contribution < -0.4 is 5.73 Å². The largest absolute Gasteiger partial charge is 0.398 e. The van der Waals surface area contributed by atoms with E-state index in [0.717, 1.165) is 33.3 Å². The number of carbonyl (C=O) groups is 1. The van der Waals surface area contributed by atoms with Crippen molar-refractivity contribution < 1.29 is 4.79 Å². The number of alkyl halides is 1. The first-order chi connectivity index (χ1) is 13.0. The van der Waals surface area contributed by atoms with Crippen LogP contribution in [0.4, 0.5) is 5.69 Å². The number of aryl methyl sites for hydroxylation is 1. The van der Waals surface area contributed by atoms with Crippen molar-refractivity contribution in [3.05, 3.63) is 47.2 Å². The van der Waals surface area contributed by atoms with E-state index in [1.165, 1.54) is 0 Å². The number of hydrogen-bond donors (Lipinski definition) is 2. The molecule has 2 aromatic carbocycles. The fraction of sp³-hybridized carbons (Fsp3) is 0.250. The molecule has 3 aromatic rings. The molecule has 1 amide bonds. The third-order valence-corrected chi connectivity index (χ3v) is 5.44. The second-order valence-corrected chi connectivity index (χ2v) is 7.10. The highest BCUT2D eigenvalue weighted by Gasteiger charge is 2.33. The van der Waals surface area contributed by atoms with Crippen LogP contribution in [0.3, 0.4) is 0 Å². The Hall–Kier alpha value is -3.04. The van der Waals surface area contributed by atoms with Crippen LogP contribution in [0.2, 0.25) is 0 Å². The Morgan fingerprint density at radius 3 is 2.96 bits per heavy atom. The minimum absolute atomic E-state index is 0.143. The average molecular weight is 380 g/mol. The van der Waals surface area contributed by atoms with E-state index in [2.05, 4.69) is 22.3 Å². The Morgan fingerprint density at radius 1 is 1.41 bits per heavy atom. The molecule has 0 saturated heterocycles. The molecular weight excluding hydrogens is 362 g/mol. The lowest BCUT2D eigenvalue weighted by Crippen LogP contribution is -2.30. The second-order valence-electron chi connectivity index (χ2n) is 6.79. The first-order valence-corrected chi connectivity index (χ1v) is 9.18. The van der Waals surface area contributed by atoms with Gasteiger partial charge in [-0.25, -0.2) is 0 Å². The van der Waals surface area contributed by atoms with E-state index in [9.17, 15) is 10.1 Å². The maximum Gasteiger partial charge on any atom is 0.256 e. The summed E-state index contributed by atoms with van der Waals surface area (Å²) in [6.45, 7) is 2.67. The zero-order chi connectivity index (χ0) is 19.1. The lowest BCUT2D eigenvalue weighted by Gasteiger charge is -2.17. The van der Waals surface area contributed by atoms with Gasteiger partial charge in [-0.05, 0) is 41.8 Å². The Labute approximate surface area is 161 Å². The number of H-pyrrole nitrogens is 1. The van der Waals surface area contributed by atoms with Crippen LogP contribution in [0.1, 0.15) is 21.6 Å². The minimum Gasteiger partial charge on any atom is -0.398 e. The van der Waals surface area contributed by atoms with Gasteiger partial charge in [0.1, 0.15) is 0 Å². The molecule has 2 heterocycles. The fourth-order valence-electron chi connectivity index (χ4n) is 3.62. The topological polar surface area (TPSA) is 98.8 Å². The van der Waals surface area contributed by atoms with Crippen LogP contribution in [0.5, 0.6) is 0 Å². The molecule has 3 N–H and O–H groups in total. The zero-order valence-corrected chi connectivity index (χ0v) is 15.5. The number of amides is 1. The molecular formula is C20H18ClN5O. The summed E-state index contributed by atoms with van der Waals surface area (Å²) in [7, 11) is 0. The number of fused-ring (bicyclic) bond motifs is 2. The SMILES string of the molecule is Cc1n[nH]c2ccc(-c3ccc(N)c4c3CN(CC(C#N)CCl)C4=O)cc12. The zero-order valence-electron chi connectivity index (χ0n) is 14.8. The number of rotatable bonds is 4. The summed E-state index contributed by atoms with van der Waals surface area (Å²) in [5.74, 6) is -0.357. The third kappa shape index (κ3) is 2.81. The number of anilines is 1. The third-order valence-electron chi connectivity index (χ3n) is 5.07. The number of benzene rings is 2. The van der Waals surface area contributed by atoms with Crippen LogP contribution in [0, 0.1) is 24.2 Å². The maximum absolute atomic E-state index is 12.9. The van der Waals surface area contributed by atoms with Gasteiger partial charge < -0.3 is 10.6 Å². The molecule has 0 spiro atoms. The molecule has 0 saturated carbocycles. The predicted molar refractivity (Wildman–Crippen MR) is 105 cm³/mol. The Kier molecular flexibility index (Phi) is 4.25. The number of aromatic nitrogens is 2. The highest BCUT2D eigenvalue weighted by atomic mass is 35.5. The van der Waals surface area contributed by atoms with Gasteiger partial charge in [-0.3, -0.25) is 9.89 Å². The summed E-state index contributed by atoms with van der Waals surface area (Å²) >= 11 is 5.83. The number of nitrogens with zero attached hydrogens (tertiary/aromatic N) is 3. The van der Waals surface area contributed by atoms with Gasteiger partial charge in [0.15, 0.2) is 0 Å². The Bertz CT molecular complexity index is 1100. The van der Waals surface area contributed by atoms with Crippen molar-refractivity contribution in [1.29, 1.82) is 5.26 Å². The summed E-state index contributed by atoms with van der Waals surface area (Å²) in [4.78, 5) is 14.5. The standard InChI is InChI=1S/C20H18ClN5O/c1-11-15-6-13(2-5-18(15)25-24-11)14-3-4-17(23)19-16(14)10-26(20(19)27)9-12(7-21)8-22/h2-6,12H,7,9-10,23H2,1H3,(H,24,25). The molecule has 0 fully saturated rings. The first kappa shape index (κ1) is 17.4. The summed E-state index contributed by atoms with van der Waals surface area (Å²) in [6, 6.07) is 11.9. The van der Waals surface area contributed by atoms with Crippen molar-refractivity contribution in [2.75, 3.05) is 18.2 Å². The number of halogens is 1. The lowest BCUT2D eigenvalue weighted by atomic mass is 9.95. The van der Waals surface area contributed by atoms with E-state index in [4.69, 9.17) is 17.3 Å². The van der Waals surface area contributed by atoms with Crippen molar-refractivity contribution in [3.8, 4) is 17.2 Å². The van der Waals surface area contributed by atoms with E-state index in [-0.39, 0.29) is 11.8 Å². The van der Waals surface area contributed by atoms with E-state index in [0.29, 0.717) is 24.3 Å². The van der Waals surface area contributed by atoms with Gasteiger partial charge in [-0.2, -0.15) is 10.4 Å². The number of nitrogens with two attached hydrogens (primary N) is 1. The highest BCUT2D eigenvalue weighted by molar-refractivity contribution is 6.18. The van der Waals surface area contributed by atoms with Gasteiger partial charge >= 0.3 is 0 Å². The molecule has 1 atom stereocenters. The van der Waals surface area contributed by atoms with Crippen molar-refractivity contribution in [2.24, 2.45) is 5.92 Å². The number of hydrogen-bond acceptors (Lipinski definition) is 4. The molecule has 136 valence electrons. The highest BCUT2D eigenvalue weighted by Crippen LogP contribution is 2.37. The van der Waals surface area contributed by atoms with Gasteiger partial charge in [-0.15, -0.1) is 11.6 Å². The van der Waals surface area contributed by atoms with Crippen LogP contribution >= 0.6 is 11.6 Å². The van der Waals surface area contributed by atoms with Crippen LogP contribution in [-0.4, -0.2) is 33.4 Å². The molecule has 1 unspecified atom stereocenters. The monoisotopic (exact) mass is 379 g/mol. The van der Waals surface area contributed by atoms with Gasteiger partial charge in [0.05, 0.1) is 28.8 Å². The molecule has 4 rings (SSSR count). The van der Waals surface area contributed by atoms with Crippen LogP contribution in [0.25, 0.3) is 22.0 Å². The Morgan fingerprint density at radius 2 is 2.22 bits per heavy atom. The molecule has 27 heavy (non-hydrogen) atoms. The molecule has 6 nitrogen and oxygen atoms in total. The second kappa shape index (κ2) is 6.60. The normalized spacial score (nSPS) is 14.4. The van der Waals surface area contributed by atoms with Crippen molar-refractivity contribution in [1.82, 2.24) is 15.1 Å². The number of nitriles is 1. The van der Waals surface area contributed by atoms with Gasteiger partial charge in [0.25, 0.3) is 5.91 Å². The van der Waals surface area contributed by atoms with Crippen molar-refractivity contribution in [2.45, 2.75) is 13.5 Å². The minimum atomic E-state index is -0.403. The first-order valence-electron chi connectivity index (χ1n) is 8.64. The number of carbonyl (C=O) groups excluding carboxylic acids is 1. The molecule has 0 bridgehead atoms. The molecule has 1 aliphatic heterocycles. The number of nitrogen functional groups attached to an aromatic ring is 1. The number of aromatic amines is 1. The average Bonchev–Trinajstić information content (AvgIpc) is 3.21. The summed E-state index contributed by atoms with van der Waals surface area (Å²) < 4.78 is 0. The molecule has 1 aliphatic rings. The van der Waals surface area contributed by atoms with E-state index in [1.807, 2.05) is 25.1 Å². The number of nitrogens with one attached hydrogen (secondary N) is 1. The van der Waals surface area contributed by atoms with E-state index in [1.54, 1.807) is 11.0 Å². The molecule has 1 aromatic heterocycles. The van der Waals surface area contributed by atoms with Gasteiger partial charge in [-0.1, -0.05) is 12.1 Å². The van der Waals surface area contributed by atoms with Crippen molar-refractivity contribution in [3.63, 3.8) is 0 Å². The fourth-order valence-corrected chi connectivity index (χ4v) is 3.79. The van der Waals surface area contributed by atoms with E-state index >= 15 is 0 Å². The quantitative estimate of drug-likeness (QED) is 0.535. The molecule has 7 heteroatoms. The summed E-state index contributed by atoms with van der Waals surface area (Å²) in [5.41, 5.74) is 11.9. The van der Waals surface area contributed by atoms with Crippen molar-refractivity contribution >= 4 is 34.1 Å². The predicted octanol–water partition coefficient (Wildman–Crippen LogP) is 3.45. The lowest BCUT2D eigenvalue weighted by molar-refractivity contribution is 0.0768. The smallest absolute Gasteiger partial charge is 0.256 e. The van der Waals surface area contributed by atoms with Crippen LogP contribution in [-0.2, 0) is 6.54 Å². The van der Waals surface area contributed by atoms with Gasteiger partial charge in [0, 0.05) is 30.0 Å². The van der Waals surface area contributed by atoms with E-state index < -0.39 is 5.92 Å². The molecule has 0 aliphatic carbocycles. The maximum atomic E-state index is 12.9. The molecule has 0 radical (unpaired) electrons. The Balaban J connectivity index is 1.79. The summed E-state index contributed by atoms with van der Waals surface area (Å²) in [6.07, 6.45) is 0.